The largest absolute Gasteiger partial charge is 0.466 e. The van der Waals surface area contributed by atoms with Gasteiger partial charge in [0.15, 0.2) is 5.17 Å². The second-order valence-corrected chi connectivity index (χ2v) is 9.20. The fraction of sp³-hybridized carbons (Fsp3) is 0.476. The van der Waals surface area contributed by atoms with Crippen LogP contribution in [0.1, 0.15) is 24.3 Å². The van der Waals surface area contributed by atoms with Gasteiger partial charge in [0.2, 0.25) is 5.91 Å². The van der Waals surface area contributed by atoms with Crippen molar-refractivity contribution in [2.45, 2.75) is 19.4 Å². The van der Waals surface area contributed by atoms with Gasteiger partial charge in [-0.25, -0.2) is 9.79 Å². The Balaban J connectivity index is 1.46. The van der Waals surface area contributed by atoms with E-state index in [0.717, 1.165) is 48.6 Å². The average molecular weight is 463 g/mol. The molecule has 4 heterocycles. The van der Waals surface area contributed by atoms with Crippen molar-refractivity contribution in [3.8, 4) is 0 Å². The average Bonchev–Trinajstić information content (AvgIpc) is 3.44. The zero-order chi connectivity index (χ0) is 21.8. The van der Waals surface area contributed by atoms with Gasteiger partial charge in [0, 0.05) is 36.8 Å². The maximum Gasteiger partial charge on any atom is 0.338 e. The number of allylic oxidation sites excluding steroid dienone is 1. The lowest BCUT2D eigenvalue weighted by molar-refractivity contribution is -0.136. The molecule has 0 aromatic carbocycles. The Bertz CT molecular complexity index is 920. The van der Waals surface area contributed by atoms with E-state index in [-0.39, 0.29) is 18.4 Å². The van der Waals surface area contributed by atoms with E-state index in [1.807, 2.05) is 34.7 Å². The molecule has 0 saturated carbocycles. The van der Waals surface area contributed by atoms with Crippen molar-refractivity contribution in [1.29, 1.82) is 0 Å². The molecule has 0 bridgehead atoms. The summed E-state index contributed by atoms with van der Waals surface area (Å²) < 4.78 is 10.4. The van der Waals surface area contributed by atoms with Crippen LogP contribution in [-0.4, -0.2) is 73.3 Å². The number of methoxy groups -OCH3 is 1. The van der Waals surface area contributed by atoms with E-state index in [1.165, 1.54) is 18.9 Å². The van der Waals surface area contributed by atoms with Crippen molar-refractivity contribution in [2.24, 2.45) is 4.99 Å². The highest BCUT2D eigenvalue weighted by atomic mass is 32.2. The fourth-order valence-corrected chi connectivity index (χ4v) is 5.65. The van der Waals surface area contributed by atoms with Crippen molar-refractivity contribution in [2.75, 3.05) is 46.5 Å². The van der Waals surface area contributed by atoms with Gasteiger partial charge >= 0.3 is 5.97 Å². The Morgan fingerprint density at radius 2 is 2.16 bits per heavy atom. The molecule has 1 aromatic heterocycles. The SMILES string of the molecule is COC(=O)C1=C(C)N=C2SC=C(CC(=O)NCCN3CCOCC3)N2C1c1cccs1. The van der Waals surface area contributed by atoms with E-state index < -0.39 is 5.97 Å². The number of hydrogen-bond donors (Lipinski definition) is 1. The summed E-state index contributed by atoms with van der Waals surface area (Å²) in [5.41, 5.74) is 1.99. The molecule has 1 fully saturated rings. The van der Waals surface area contributed by atoms with E-state index in [2.05, 4.69) is 15.2 Å². The van der Waals surface area contributed by atoms with Gasteiger partial charge in [0.05, 0.1) is 38.0 Å². The number of aliphatic imine (C=N–C) groups is 1. The van der Waals surface area contributed by atoms with Crippen LogP contribution in [0.2, 0.25) is 0 Å². The Morgan fingerprint density at radius 1 is 1.35 bits per heavy atom. The zero-order valence-corrected chi connectivity index (χ0v) is 19.3. The molecule has 0 spiro atoms. The first-order valence-corrected chi connectivity index (χ1v) is 12.0. The molecule has 8 nitrogen and oxygen atoms in total. The molecule has 1 unspecified atom stereocenters. The number of ether oxygens (including phenoxy) is 2. The first-order chi connectivity index (χ1) is 15.1. The highest BCUT2D eigenvalue weighted by Gasteiger charge is 2.41. The molecule has 4 rings (SSSR count). The molecule has 1 aromatic rings. The van der Waals surface area contributed by atoms with Gasteiger partial charge in [-0.05, 0) is 23.8 Å². The smallest absolute Gasteiger partial charge is 0.338 e. The highest BCUT2D eigenvalue weighted by molar-refractivity contribution is 8.16. The summed E-state index contributed by atoms with van der Waals surface area (Å²) in [4.78, 5) is 35.2. The maximum atomic E-state index is 12.7. The van der Waals surface area contributed by atoms with Gasteiger partial charge in [0.25, 0.3) is 0 Å². The predicted molar refractivity (Wildman–Crippen MR) is 122 cm³/mol. The summed E-state index contributed by atoms with van der Waals surface area (Å²) in [6.45, 7) is 6.52. The van der Waals surface area contributed by atoms with E-state index in [4.69, 9.17) is 9.47 Å². The van der Waals surface area contributed by atoms with Crippen LogP contribution in [0.4, 0.5) is 0 Å². The molecule has 1 saturated heterocycles. The van der Waals surface area contributed by atoms with Gasteiger partial charge < -0.3 is 19.7 Å². The quantitative estimate of drug-likeness (QED) is 0.623. The molecule has 166 valence electrons. The van der Waals surface area contributed by atoms with Crippen LogP contribution in [0.3, 0.4) is 0 Å². The van der Waals surface area contributed by atoms with Crippen molar-refractivity contribution in [3.63, 3.8) is 0 Å². The number of morpholine rings is 1. The predicted octanol–water partition coefficient (Wildman–Crippen LogP) is 2.33. The summed E-state index contributed by atoms with van der Waals surface area (Å²) in [6, 6.07) is 3.61. The number of carbonyl (C=O) groups excluding carboxylic acids is 2. The highest BCUT2D eigenvalue weighted by Crippen LogP contribution is 2.45. The molecule has 0 radical (unpaired) electrons. The number of nitrogens with one attached hydrogen (secondary N) is 1. The summed E-state index contributed by atoms with van der Waals surface area (Å²) >= 11 is 3.05. The van der Waals surface area contributed by atoms with Crippen molar-refractivity contribution >= 4 is 40.1 Å². The zero-order valence-electron chi connectivity index (χ0n) is 17.6. The molecule has 0 aliphatic carbocycles. The normalized spacial score (nSPS) is 21.5. The fourth-order valence-electron chi connectivity index (χ4n) is 3.86. The third-order valence-electron chi connectivity index (χ3n) is 5.41. The first kappa shape index (κ1) is 22.1. The van der Waals surface area contributed by atoms with Crippen LogP contribution < -0.4 is 5.32 Å². The Hall–Kier alpha value is -2.14. The number of thioether (sulfide) groups is 1. The maximum absolute atomic E-state index is 12.7. The van der Waals surface area contributed by atoms with E-state index in [1.54, 1.807) is 11.3 Å². The summed E-state index contributed by atoms with van der Waals surface area (Å²) in [5, 5.41) is 7.73. The lowest BCUT2D eigenvalue weighted by Gasteiger charge is -2.35. The molecule has 1 N–H and O–H groups in total. The molecule has 3 aliphatic rings. The van der Waals surface area contributed by atoms with E-state index in [0.29, 0.717) is 17.8 Å². The Labute approximate surface area is 190 Å². The van der Waals surface area contributed by atoms with Gasteiger partial charge in [-0.15, -0.1) is 11.3 Å². The molecule has 10 heteroatoms. The molecule has 1 amide bonds. The van der Waals surface area contributed by atoms with Gasteiger partial charge in [-0.2, -0.15) is 0 Å². The van der Waals surface area contributed by atoms with Gasteiger partial charge in [-0.3, -0.25) is 9.69 Å². The third-order valence-corrected chi connectivity index (χ3v) is 7.23. The number of amidine groups is 1. The number of hydrogen-bond acceptors (Lipinski definition) is 9. The number of thiophene rings is 1. The molecule has 31 heavy (non-hydrogen) atoms. The Kier molecular flexibility index (Phi) is 7.11. The van der Waals surface area contributed by atoms with Crippen molar-refractivity contribution in [3.05, 3.63) is 44.8 Å². The standard InChI is InChI=1S/C21H26N4O4S2/c1-14-18(20(27)28-2)19(16-4-3-11-30-16)25-15(13-31-21(25)23-14)12-17(26)22-5-6-24-7-9-29-10-8-24/h3-4,11,13,19H,5-10,12H2,1-2H3,(H,22,26). The number of amides is 1. The minimum atomic E-state index is -0.398. The van der Waals surface area contributed by atoms with Crippen LogP contribution in [0.15, 0.2) is 44.9 Å². The molecular formula is C21H26N4O4S2. The molecule has 3 aliphatic heterocycles. The van der Waals surface area contributed by atoms with Crippen LogP contribution in [0.5, 0.6) is 0 Å². The Morgan fingerprint density at radius 3 is 2.87 bits per heavy atom. The number of rotatable bonds is 7. The lowest BCUT2D eigenvalue weighted by atomic mass is 9.99. The van der Waals surface area contributed by atoms with Gasteiger partial charge in [-0.1, -0.05) is 17.8 Å². The minimum absolute atomic E-state index is 0.0443. The van der Waals surface area contributed by atoms with Crippen LogP contribution in [0.25, 0.3) is 0 Å². The number of nitrogens with zero attached hydrogens (tertiary/aromatic N) is 3. The molecular weight excluding hydrogens is 436 g/mol. The first-order valence-electron chi connectivity index (χ1n) is 10.2. The number of carbonyl (C=O) groups is 2. The van der Waals surface area contributed by atoms with E-state index >= 15 is 0 Å². The minimum Gasteiger partial charge on any atom is -0.466 e. The summed E-state index contributed by atoms with van der Waals surface area (Å²) in [7, 11) is 1.38. The van der Waals surface area contributed by atoms with Crippen LogP contribution in [-0.2, 0) is 19.1 Å². The topological polar surface area (TPSA) is 83.5 Å². The number of esters is 1. The van der Waals surface area contributed by atoms with Crippen LogP contribution in [0, 0.1) is 0 Å². The second-order valence-electron chi connectivity index (χ2n) is 7.38. The monoisotopic (exact) mass is 462 g/mol. The van der Waals surface area contributed by atoms with Gasteiger partial charge in [0.1, 0.15) is 6.04 Å². The van der Waals surface area contributed by atoms with Crippen LogP contribution >= 0.6 is 23.1 Å². The number of fused-ring (bicyclic) bond motifs is 1. The van der Waals surface area contributed by atoms with Crippen molar-refractivity contribution in [1.82, 2.24) is 15.1 Å². The second kappa shape index (κ2) is 9.99. The van der Waals surface area contributed by atoms with Crippen molar-refractivity contribution < 1.29 is 19.1 Å². The third kappa shape index (κ3) is 4.87. The molecule has 1 atom stereocenters. The summed E-state index contributed by atoms with van der Waals surface area (Å²) in [6.07, 6.45) is 0.227. The van der Waals surface area contributed by atoms with E-state index in [9.17, 15) is 9.59 Å². The lowest BCUT2D eigenvalue weighted by Crippen LogP contribution is -2.42. The summed E-state index contributed by atoms with van der Waals surface area (Å²) in [5.74, 6) is -0.443.